The first-order valence-electron chi connectivity index (χ1n) is 7.53. The highest BCUT2D eigenvalue weighted by Gasteiger charge is 2.21. The number of nitrogens with two attached hydrogens (primary N) is 1. The van der Waals surface area contributed by atoms with E-state index in [0.717, 1.165) is 0 Å². The molecule has 0 aliphatic carbocycles. The Morgan fingerprint density at radius 1 is 1.40 bits per heavy atom. The number of ether oxygens (including phenoxy) is 2. The first kappa shape index (κ1) is 21.5. The molecule has 2 amide bonds. The van der Waals surface area contributed by atoms with E-state index in [-0.39, 0.29) is 34.7 Å². The lowest BCUT2D eigenvalue weighted by Crippen LogP contribution is -2.42. The fourth-order valence-corrected chi connectivity index (χ4v) is 2.60. The van der Waals surface area contributed by atoms with E-state index in [1.165, 1.54) is 12.1 Å². The molecule has 1 atom stereocenters. The van der Waals surface area contributed by atoms with Crippen molar-refractivity contribution in [3.8, 4) is 5.75 Å². The second-order valence-electron chi connectivity index (χ2n) is 6.36. The molecule has 0 radical (unpaired) electrons. The van der Waals surface area contributed by atoms with Crippen molar-refractivity contribution in [2.45, 2.75) is 45.3 Å². The molecular formula is C16H21BrClFN2O4. The van der Waals surface area contributed by atoms with E-state index in [1.54, 1.807) is 20.8 Å². The van der Waals surface area contributed by atoms with E-state index in [2.05, 4.69) is 21.2 Å². The lowest BCUT2D eigenvalue weighted by molar-refractivity contribution is -0.118. The van der Waals surface area contributed by atoms with Gasteiger partial charge in [0.25, 0.3) is 0 Å². The molecule has 3 N–H and O–H groups in total. The summed E-state index contributed by atoms with van der Waals surface area (Å²) < 4.78 is 24.7. The Hall–Kier alpha value is -1.54. The van der Waals surface area contributed by atoms with Gasteiger partial charge >= 0.3 is 6.09 Å². The number of hydrogen-bond donors (Lipinski definition) is 2. The van der Waals surface area contributed by atoms with Gasteiger partial charge in [0.15, 0.2) is 11.6 Å². The monoisotopic (exact) mass is 438 g/mol. The van der Waals surface area contributed by atoms with Gasteiger partial charge in [-0.2, -0.15) is 0 Å². The van der Waals surface area contributed by atoms with Gasteiger partial charge in [-0.25, -0.2) is 9.18 Å². The molecule has 0 aliphatic heterocycles. The van der Waals surface area contributed by atoms with Gasteiger partial charge in [0.2, 0.25) is 5.91 Å². The molecule has 1 rings (SSSR count). The Kier molecular flexibility index (Phi) is 7.95. The third kappa shape index (κ3) is 8.40. The van der Waals surface area contributed by atoms with E-state index < -0.39 is 29.5 Å². The van der Waals surface area contributed by atoms with Gasteiger partial charge in [0.1, 0.15) is 12.2 Å². The van der Waals surface area contributed by atoms with Crippen molar-refractivity contribution in [1.82, 2.24) is 5.32 Å². The molecule has 0 saturated carbocycles. The third-order valence-corrected chi connectivity index (χ3v) is 3.65. The lowest BCUT2D eigenvalue weighted by atomic mass is 10.1. The number of alkyl carbamates (subject to hydrolysis) is 1. The molecule has 0 aliphatic rings. The van der Waals surface area contributed by atoms with Crippen LogP contribution in [0.2, 0.25) is 5.02 Å². The number of nitrogens with one attached hydrogen (secondary N) is 1. The zero-order valence-electron chi connectivity index (χ0n) is 14.2. The van der Waals surface area contributed by atoms with E-state index in [0.29, 0.717) is 0 Å². The quantitative estimate of drug-likeness (QED) is 0.633. The number of primary amides is 1. The summed E-state index contributed by atoms with van der Waals surface area (Å²) in [4.78, 5) is 22.9. The number of amides is 2. The van der Waals surface area contributed by atoms with E-state index in [9.17, 15) is 14.0 Å². The average molecular weight is 440 g/mol. The van der Waals surface area contributed by atoms with Crippen LogP contribution in [0, 0.1) is 5.82 Å². The highest BCUT2D eigenvalue weighted by atomic mass is 79.9. The Bertz CT molecular complexity index is 637. The van der Waals surface area contributed by atoms with Gasteiger partial charge in [-0.1, -0.05) is 11.6 Å². The number of carbonyl (C=O) groups is 2. The van der Waals surface area contributed by atoms with Crippen molar-refractivity contribution in [1.29, 1.82) is 0 Å². The molecule has 25 heavy (non-hydrogen) atoms. The van der Waals surface area contributed by atoms with Crippen LogP contribution in [-0.2, 0) is 9.53 Å². The second-order valence-corrected chi connectivity index (χ2v) is 7.65. The molecule has 140 valence electrons. The summed E-state index contributed by atoms with van der Waals surface area (Å²) >= 11 is 8.91. The van der Waals surface area contributed by atoms with Crippen LogP contribution >= 0.6 is 27.5 Å². The van der Waals surface area contributed by atoms with Gasteiger partial charge < -0.3 is 20.5 Å². The maximum atomic E-state index is 14.0. The molecule has 6 nitrogen and oxygen atoms in total. The van der Waals surface area contributed by atoms with Gasteiger partial charge in [-0.15, -0.1) is 0 Å². The molecule has 0 saturated heterocycles. The zero-order chi connectivity index (χ0) is 19.2. The molecule has 0 unspecified atom stereocenters. The van der Waals surface area contributed by atoms with Gasteiger partial charge in [-0.3, -0.25) is 4.79 Å². The first-order chi connectivity index (χ1) is 11.5. The summed E-state index contributed by atoms with van der Waals surface area (Å²) in [5, 5.41) is 2.88. The normalized spacial score (nSPS) is 12.4. The molecule has 9 heteroatoms. The Labute approximate surface area is 159 Å². The maximum Gasteiger partial charge on any atom is 0.407 e. The van der Waals surface area contributed by atoms with Crippen molar-refractivity contribution in [2.24, 2.45) is 5.73 Å². The van der Waals surface area contributed by atoms with Gasteiger partial charge in [-0.05, 0) is 49.2 Å². The maximum absolute atomic E-state index is 14.0. The topological polar surface area (TPSA) is 90.6 Å². The largest absolute Gasteiger partial charge is 0.488 e. The fourth-order valence-electron chi connectivity index (χ4n) is 1.82. The summed E-state index contributed by atoms with van der Waals surface area (Å²) in [5.41, 5.74) is 4.46. The number of rotatable bonds is 7. The van der Waals surface area contributed by atoms with Crippen LogP contribution < -0.4 is 15.8 Å². The van der Waals surface area contributed by atoms with Gasteiger partial charge in [0, 0.05) is 17.5 Å². The van der Waals surface area contributed by atoms with Crippen LogP contribution in [-0.4, -0.2) is 30.3 Å². The summed E-state index contributed by atoms with van der Waals surface area (Å²) in [6.07, 6.45) is -0.415. The number of hydrogen-bond acceptors (Lipinski definition) is 4. The molecule has 0 spiro atoms. The summed E-state index contributed by atoms with van der Waals surface area (Å²) in [7, 11) is 0. The predicted molar refractivity (Wildman–Crippen MR) is 96.2 cm³/mol. The predicted octanol–water partition coefficient (Wildman–Crippen LogP) is 3.78. The molecule has 0 fully saturated rings. The second kappa shape index (κ2) is 9.24. The smallest absolute Gasteiger partial charge is 0.407 e. The number of benzene rings is 1. The molecule has 1 aromatic carbocycles. The summed E-state index contributed by atoms with van der Waals surface area (Å²) in [5.74, 6) is -1.21. The van der Waals surface area contributed by atoms with Crippen LogP contribution in [0.3, 0.4) is 0 Å². The molecule has 0 heterocycles. The zero-order valence-corrected chi connectivity index (χ0v) is 16.5. The molecular weight excluding hydrogens is 419 g/mol. The number of carbonyl (C=O) groups excluding carboxylic acids is 2. The first-order valence-corrected chi connectivity index (χ1v) is 8.70. The van der Waals surface area contributed by atoms with Crippen LogP contribution in [0.4, 0.5) is 9.18 Å². The minimum atomic E-state index is -0.677. The van der Waals surface area contributed by atoms with E-state index >= 15 is 0 Å². The van der Waals surface area contributed by atoms with Crippen LogP contribution in [0.25, 0.3) is 0 Å². The summed E-state index contributed by atoms with van der Waals surface area (Å²) in [6, 6.07) is 2.12. The van der Waals surface area contributed by atoms with Gasteiger partial charge in [0.05, 0.1) is 10.5 Å². The van der Waals surface area contributed by atoms with E-state index in [1.807, 2.05) is 0 Å². The average Bonchev–Trinajstić information content (AvgIpc) is 2.44. The highest BCUT2D eigenvalue weighted by Crippen LogP contribution is 2.29. The van der Waals surface area contributed by atoms with Crippen molar-refractivity contribution in [3.05, 3.63) is 27.4 Å². The van der Waals surface area contributed by atoms with Crippen LogP contribution in [0.5, 0.6) is 5.75 Å². The SMILES string of the molecule is CC(C)(C)OC(=O)N[C@@H](CCC(N)=O)COc1cc(Cl)cc(Br)c1F. The Morgan fingerprint density at radius 3 is 2.60 bits per heavy atom. The minimum Gasteiger partial charge on any atom is -0.488 e. The van der Waals surface area contributed by atoms with Crippen molar-refractivity contribution in [3.63, 3.8) is 0 Å². The molecule has 1 aromatic rings. The fraction of sp³-hybridized carbons (Fsp3) is 0.500. The Morgan fingerprint density at radius 2 is 2.04 bits per heavy atom. The van der Waals surface area contributed by atoms with E-state index in [4.69, 9.17) is 26.8 Å². The highest BCUT2D eigenvalue weighted by molar-refractivity contribution is 9.10. The van der Waals surface area contributed by atoms with Crippen LogP contribution in [0.1, 0.15) is 33.6 Å². The Balaban J connectivity index is 2.76. The summed E-state index contributed by atoms with van der Waals surface area (Å²) in [6.45, 7) is 5.08. The molecule has 0 aromatic heterocycles. The van der Waals surface area contributed by atoms with Crippen molar-refractivity contribution >= 4 is 39.5 Å². The minimum absolute atomic E-state index is 0.0333. The van der Waals surface area contributed by atoms with Crippen molar-refractivity contribution in [2.75, 3.05) is 6.61 Å². The third-order valence-electron chi connectivity index (χ3n) is 2.86. The standard InChI is InChI=1S/C16H21BrClFN2O4/c1-16(2,3)25-15(23)21-10(4-5-13(20)22)8-24-12-7-9(18)6-11(17)14(12)19/h6-7,10H,4-5,8H2,1-3H3,(H2,20,22)(H,21,23)/t10-/m0/s1. The lowest BCUT2D eigenvalue weighted by Gasteiger charge is -2.23. The number of halogens is 3. The van der Waals surface area contributed by atoms with Crippen molar-refractivity contribution < 1.29 is 23.5 Å². The molecule has 0 bridgehead atoms. The van der Waals surface area contributed by atoms with Crippen LogP contribution in [0.15, 0.2) is 16.6 Å².